The van der Waals surface area contributed by atoms with Crippen molar-refractivity contribution in [3.05, 3.63) is 12.2 Å². The van der Waals surface area contributed by atoms with E-state index in [1.54, 1.807) is 0 Å². The van der Waals surface area contributed by atoms with E-state index >= 15 is 0 Å². The second kappa shape index (κ2) is 4.84. The molecule has 0 aliphatic carbocycles. The highest BCUT2D eigenvalue weighted by atomic mass is 35.5. The number of aliphatic hydroxyl groups is 1. The van der Waals surface area contributed by atoms with E-state index in [2.05, 4.69) is 6.58 Å². The molecule has 16 heavy (non-hydrogen) atoms. The highest BCUT2D eigenvalue weighted by Crippen LogP contribution is 2.37. The molecule has 1 N–H and O–H groups in total. The third-order valence-electron chi connectivity index (χ3n) is 3.11. The number of ether oxygens (including phenoxy) is 2. The van der Waals surface area contributed by atoms with Gasteiger partial charge in [0.05, 0.1) is 6.10 Å². The molecule has 0 saturated carbocycles. The van der Waals surface area contributed by atoms with Gasteiger partial charge >= 0.3 is 0 Å². The first-order valence-corrected chi connectivity index (χ1v) is 5.55. The molecular weight excluding hydrogens is 232 g/mol. The van der Waals surface area contributed by atoms with Crippen molar-refractivity contribution >= 4 is 17.4 Å². The fourth-order valence-corrected chi connectivity index (χ4v) is 1.95. The van der Waals surface area contributed by atoms with Gasteiger partial charge in [0.1, 0.15) is 0 Å². The summed E-state index contributed by atoms with van der Waals surface area (Å²) in [7, 11) is 1.35. The van der Waals surface area contributed by atoms with E-state index in [9.17, 15) is 4.79 Å². The zero-order valence-electron chi connectivity index (χ0n) is 9.70. The average Bonchev–Trinajstić information content (AvgIpc) is 2.24. The fourth-order valence-electron chi connectivity index (χ4n) is 1.78. The topological polar surface area (TPSA) is 55.8 Å². The van der Waals surface area contributed by atoms with Crippen LogP contribution in [0.3, 0.4) is 0 Å². The predicted octanol–water partition coefficient (Wildman–Crippen LogP) is 1.46. The SMILES string of the molecule is C=C1CC(OC)(C(=O)C(O)Cl)OC(C)C1C. The lowest BCUT2D eigenvalue weighted by molar-refractivity contribution is -0.252. The molecule has 0 radical (unpaired) electrons. The molecular formula is C11H17ClO4. The average molecular weight is 249 g/mol. The van der Waals surface area contributed by atoms with E-state index in [-0.39, 0.29) is 18.4 Å². The van der Waals surface area contributed by atoms with Gasteiger partial charge in [0.25, 0.3) is 0 Å². The number of hydrogen-bond donors (Lipinski definition) is 1. The van der Waals surface area contributed by atoms with Crippen molar-refractivity contribution in [2.45, 2.75) is 37.7 Å². The van der Waals surface area contributed by atoms with Gasteiger partial charge in [-0.25, -0.2) is 0 Å². The van der Waals surface area contributed by atoms with Gasteiger partial charge in [-0.1, -0.05) is 30.7 Å². The molecule has 1 aliphatic heterocycles. The van der Waals surface area contributed by atoms with Gasteiger partial charge in [-0.05, 0) is 6.92 Å². The summed E-state index contributed by atoms with van der Waals surface area (Å²) in [5, 5.41) is 9.13. The van der Waals surface area contributed by atoms with Crippen LogP contribution >= 0.6 is 11.6 Å². The Balaban J connectivity index is 2.98. The number of methoxy groups -OCH3 is 1. The lowest BCUT2D eigenvalue weighted by Crippen LogP contribution is -2.53. The maximum Gasteiger partial charge on any atom is 0.236 e. The van der Waals surface area contributed by atoms with Crippen LogP contribution in [0.4, 0.5) is 0 Å². The predicted molar refractivity (Wildman–Crippen MR) is 60.1 cm³/mol. The molecule has 1 rings (SSSR count). The van der Waals surface area contributed by atoms with Gasteiger partial charge in [0.2, 0.25) is 11.6 Å². The van der Waals surface area contributed by atoms with Gasteiger partial charge in [0, 0.05) is 19.4 Å². The maximum atomic E-state index is 11.8. The van der Waals surface area contributed by atoms with E-state index in [1.807, 2.05) is 13.8 Å². The van der Waals surface area contributed by atoms with Crippen molar-refractivity contribution in [3.63, 3.8) is 0 Å². The van der Waals surface area contributed by atoms with Crippen LogP contribution in [0.25, 0.3) is 0 Å². The largest absolute Gasteiger partial charge is 0.371 e. The summed E-state index contributed by atoms with van der Waals surface area (Å²) in [6.07, 6.45) is 0.0121. The Bertz CT molecular complexity index is 302. The molecule has 0 aromatic heterocycles. The third kappa shape index (κ3) is 2.30. The number of hydrogen-bond acceptors (Lipinski definition) is 4. The number of carbonyl (C=O) groups excluding carboxylic acids is 1. The molecule has 4 nitrogen and oxygen atoms in total. The summed E-state index contributed by atoms with van der Waals surface area (Å²) in [5.74, 6) is -2.04. The molecule has 0 aromatic carbocycles. The first-order valence-electron chi connectivity index (χ1n) is 5.11. The summed E-state index contributed by atoms with van der Waals surface area (Å²) in [4.78, 5) is 11.8. The molecule has 5 heteroatoms. The van der Waals surface area contributed by atoms with Gasteiger partial charge in [0.15, 0.2) is 5.56 Å². The molecule has 1 saturated heterocycles. The van der Waals surface area contributed by atoms with Crippen LogP contribution in [0, 0.1) is 5.92 Å². The minimum Gasteiger partial charge on any atom is -0.371 e. The van der Waals surface area contributed by atoms with Crippen molar-refractivity contribution in [3.8, 4) is 0 Å². The Hall–Kier alpha value is -0.420. The first-order chi connectivity index (χ1) is 7.34. The van der Waals surface area contributed by atoms with Crippen LogP contribution in [0.15, 0.2) is 12.2 Å². The van der Waals surface area contributed by atoms with Crippen molar-refractivity contribution in [1.29, 1.82) is 0 Å². The Morgan fingerprint density at radius 2 is 2.31 bits per heavy atom. The van der Waals surface area contributed by atoms with Crippen LogP contribution in [0.2, 0.25) is 0 Å². The summed E-state index contributed by atoms with van der Waals surface area (Å²) in [5.41, 5.74) is -0.778. The zero-order chi connectivity index (χ0) is 12.5. The summed E-state index contributed by atoms with van der Waals surface area (Å²) >= 11 is 5.38. The zero-order valence-corrected chi connectivity index (χ0v) is 10.5. The molecule has 0 aromatic rings. The Labute approximate surface area is 100 Å². The molecule has 1 fully saturated rings. The molecule has 1 aliphatic rings. The molecule has 0 amide bonds. The van der Waals surface area contributed by atoms with E-state index in [0.29, 0.717) is 0 Å². The van der Waals surface area contributed by atoms with Gasteiger partial charge in [-0.2, -0.15) is 0 Å². The number of alkyl halides is 1. The van der Waals surface area contributed by atoms with Crippen LogP contribution in [-0.2, 0) is 14.3 Å². The maximum absolute atomic E-state index is 11.8. The highest BCUT2D eigenvalue weighted by Gasteiger charge is 2.48. The molecule has 92 valence electrons. The van der Waals surface area contributed by atoms with Crippen LogP contribution < -0.4 is 0 Å². The van der Waals surface area contributed by atoms with Crippen molar-refractivity contribution in [2.24, 2.45) is 5.92 Å². The molecule has 1 heterocycles. The molecule has 0 bridgehead atoms. The quantitative estimate of drug-likeness (QED) is 0.607. The Kier molecular flexibility index (Phi) is 4.12. The van der Waals surface area contributed by atoms with Gasteiger partial charge in [-0.15, -0.1) is 0 Å². The number of ketones is 1. The van der Waals surface area contributed by atoms with E-state index < -0.39 is 17.1 Å². The van der Waals surface area contributed by atoms with Crippen LogP contribution in [0.5, 0.6) is 0 Å². The van der Waals surface area contributed by atoms with Gasteiger partial charge < -0.3 is 14.6 Å². The van der Waals surface area contributed by atoms with E-state index in [0.717, 1.165) is 5.57 Å². The monoisotopic (exact) mass is 248 g/mol. The lowest BCUT2D eigenvalue weighted by atomic mass is 9.86. The van der Waals surface area contributed by atoms with E-state index in [4.69, 9.17) is 26.2 Å². The standard InChI is InChI=1S/C11H17ClO4/c1-6-5-11(15-4,9(13)10(12)14)16-8(3)7(6)2/h7-8,10,14H,1,5H2,2-4H3. The third-order valence-corrected chi connectivity index (χ3v) is 3.30. The minimum atomic E-state index is -1.63. The van der Waals surface area contributed by atoms with Crippen LogP contribution in [-0.4, -0.2) is 35.5 Å². The number of rotatable bonds is 3. The van der Waals surface area contributed by atoms with Crippen molar-refractivity contribution < 1.29 is 19.4 Å². The number of carbonyl (C=O) groups is 1. The fraction of sp³-hybridized carbons (Fsp3) is 0.727. The normalized spacial score (nSPS) is 37.2. The van der Waals surface area contributed by atoms with Crippen LogP contribution in [0.1, 0.15) is 20.3 Å². The van der Waals surface area contributed by atoms with E-state index in [1.165, 1.54) is 7.11 Å². The Morgan fingerprint density at radius 1 is 1.75 bits per heavy atom. The number of aliphatic hydroxyl groups excluding tert-OH is 1. The summed E-state index contributed by atoms with van der Waals surface area (Å²) < 4.78 is 10.7. The first kappa shape index (κ1) is 13.6. The molecule has 0 spiro atoms. The smallest absolute Gasteiger partial charge is 0.236 e. The van der Waals surface area contributed by atoms with Gasteiger partial charge in [-0.3, -0.25) is 4.79 Å². The molecule has 4 unspecified atom stereocenters. The minimum absolute atomic E-state index is 0.142. The summed E-state index contributed by atoms with van der Waals surface area (Å²) in [6.45, 7) is 7.69. The molecule has 4 atom stereocenters. The second-order valence-corrected chi connectivity index (χ2v) is 4.52. The van der Waals surface area contributed by atoms with Crippen molar-refractivity contribution in [2.75, 3.05) is 7.11 Å². The second-order valence-electron chi connectivity index (χ2n) is 4.10. The number of Topliss-reactive ketones (excluding diaryl/α,β-unsaturated/α-hetero) is 1. The van der Waals surface area contributed by atoms with Crippen molar-refractivity contribution in [1.82, 2.24) is 0 Å². The number of halogens is 1. The Morgan fingerprint density at radius 3 is 2.69 bits per heavy atom. The lowest BCUT2D eigenvalue weighted by Gasteiger charge is -2.42. The summed E-state index contributed by atoms with van der Waals surface area (Å²) in [6, 6.07) is 0. The highest BCUT2D eigenvalue weighted by molar-refractivity contribution is 6.30.